The van der Waals surface area contributed by atoms with Crippen LogP contribution in [0.5, 0.6) is 0 Å². The van der Waals surface area contributed by atoms with Crippen molar-refractivity contribution in [2.24, 2.45) is 5.92 Å². The largest absolute Gasteiger partial charge is 0.391 e. The first-order valence-electron chi connectivity index (χ1n) is 6.60. The molecule has 0 bridgehead atoms. The van der Waals surface area contributed by atoms with E-state index in [-0.39, 0.29) is 30.4 Å². The van der Waals surface area contributed by atoms with E-state index in [1.54, 1.807) is 4.90 Å². The average molecular weight is 255 g/mol. The molecule has 6 heteroatoms. The molecule has 2 heterocycles. The fourth-order valence-corrected chi connectivity index (χ4v) is 2.43. The van der Waals surface area contributed by atoms with E-state index in [9.17, 15) is 14.7 Å². The van der Waals surface area contributed by atoms with Crippen LogP contribution in [0.25, 0.3) is 0 Å². The van der Waals surface area contributed by atoms with E-state index in [0.717, 1.165) is 19.4 Å². The third kappa shape index (κ3) is 3.43. The van der Waals surface area contributed by atoms with Crippen molar-refractivity contribution in [3.8, 4) is 0 Å². The quantitative estimate of drug-likeness (QED) is 0.583. The minimum Gasteiger partial charge on any atom is -0.391 e. The van der Waals surface area contributed by atoms with Gasteiger partial charge in [-0.3, -0.25) is 9.59 Å². The molecular formula is C12H21N3O3. The predicted molar refractivity (Wildman–Crippen MR) is 65.8 cm³/mol. The van der Waals surface area contributed by atoms with Crippen molar-refractivity contribution in [1.29, 1.82) is 0 Å². The highest BCUT2D eigenvalue weighted by Crippen LogP contribution is 2.10. The first-order valence-corrected chi connectivity index (χ1v) is 6.60. The lowest BCUT2D eigenvalue weighted by atomic mass is 10.1. The predicted octanol–water partition coefficient (Wildman–Crippen LogP) is -1.30. The number of piperidine rings is 1. The molecule has 0 aromatic rings. The van der Waals surface area contributed by atoms with E-state index in [4.69, 9.17) is 0 Å². The highest BCUT2D eigenvalue weighted by molar-refractivity contribution is 5.85. The van der Waals surface area contributed by atoms with Gasteiger partial charge in [0.15, 0.2) is 0 Å². The number of carbonyl (C=O) groups excluding carboxylic acids is 2. The average Bonchev–Trinajstić information content (AvgIpc) is 2.75. The van der Waals surface area contributed by atoms with Gasteiger partial charge in [-0.1, -0.05) is 0 Å². The number of nitrogens with one attached hydrogen (secondary N) is 2. The number of likely N-dealkylation sites (tertiary alicyclic amines) is 1. The molecule has 2 rings (SSSR count). The van der Waals surface area contributed by atoms with Crippen LogP contribution in [0.15, 0.2) is 0 Å². The Morgan fingerprint density at radius 2 is 2.28 bits per heavy atom. The lowest BCUT2D eigenvalue weighted by Crippen LogP contribution is -2.44. The number of amides is 2. The van der Waals surface area contributed by atoms with Crippen molar-refractivity contribution >= 4 is 11.8 Å². The topological polar surface area (TPSA) is 81.7 Å². The molecule has 0 spiro atoms. The van der Waals surface area contributed by atoms with Gasteiger partial charge in [0.05, 0.1) is 12.6 Å². The Bertz CT molecular complexity index is 322. The molecule has 2 aliphatic heterocycles. The zero-order chi connectivity index (χ0) is 13.0. The molecule has 0 saturated carbocycles. The van der Waals surface area contributed by atoms with Crippen LogP contribution < -0.4 is 10.6 Å². The summed E-state index contributed by atoms with van der Waals surface area (Å²) in [5.74, 6) is 0.00863. The minimum atomic E-state index is -0.387. The highest BCUT2D eigenvalue weighted by atomic mass is 16.3. The second kappa shape index (κ2) is 6.15. The Hall–Kier alpha value is -1.14. The van der Waals surface area contributed by atoms with Gasteiger partial charge >= 0.3 is 0 Å². The smallest absolute Gasteiger partial charge is 0.239 e. The molecule has 2 aliphatic rings. The Balaban J connectivity index is 1.69. The van der Waals surface area contributed by atoms with Crippen molar-refractivity contribution in [2.45, 2.75) is 25.4 Å². The number of nitrogens with zero attached hydrogens (tertiary/aromatic N) is 1. The van der Waals surface area contributed by atoms with Crippen molar-refractivity contribution < 1.29 is 14.7 Å². The summed E-state index contributed by atoms with van der Waals surface area (Å²) in [6, 6.07) is 0. The number of hydrogen-bond donors (Lipinski definition) is 3. The first-order chi connectivity index (χ1) is 8.66. The van der Waals surface area contributed by atoms with E-state index in [2.05, 4.69) is 10.6 Å². The number of aliphatic hydroxyl groups is 1. The van der Waals surface area contributed by atoms with Gasteiger partial charge in [-0.2, -0.15) is 0 Å². The molecule has 3 N–H and O–H groups in total. The fourth-order valence-electron chi connectivity index (χ4n) is 2.43. The van der Waals surface area contributed by atoms with Crippen LogP contribution >= 0.6 is 0 Å². The van der Waals surface area contributed by atoms with Gasteiger partial charge in [-0.25, -0.2) is 0 Å². The summed E-state index contributed by atoms with van der Waals surface area (Å²) in [6.07, 6.45) is 2.07. The summed E-state index contributed by atoms with van der Waals surface area (Å²) in [5, 5.41) is 15.4. The van der Waals surface area contributed by atoms with Crippen LogP contribution in [0.3, 0.4) is 0 Å². The lowest BCUT2D eigenvalue weighted by Gasteiger charge is -2.26. The zero-order valence-corrected chi connectivity index (χ0v) is 10.5. The van der Waals surface area contributed by atoms with Crippen LogP contribution in [-0.4, -0.2) is 60.6 Å². The van der Waals surface area contributed by atoms with E-state index in [1.165, 1.54) is 0 Å². The van der Waals surface area contributed by atoms with Gasteiger partial charge in [0.2, 0.25) is 11.8 Å². The van der Waals surface area contributed by atoms with Gasteiger partial charge < -0.3 is 20.6 Å². The van der Waals surface area contributed by atoms with Crippen molar-refractivity contribution in [1.82, 2.24) is 15.5 Å². The molecule has 6 nitrogen and oxygen atoms in total. The number of rotatable bonds is 4. The fraction of sp³-hybridized carbons (Fsp3) is 0.833. The van der Waals surface area contributed by atoms with Crippen LogP contribution in [0.1, 0.15) is 19.3 Å². The lowest BCUT2D eigenvalue weighted by molar-refractivity contribution is -0.137. The number of carbonyl (C=O) groups is 2. The summed E-state index contributed by atoms with van der Waals surface area (Å²) in [5.41, 5.74) is 0. The van der Waals surface area contributed by atoms with Crippen LogP contribution in [-0.2, 0) is 9.59 Å². The summed E-state index contributed by atoms with van der Waals surface area (Å²) in [6.45, 7) is 2.61. The molecule has 2 fully saturated rings. The molecule has 2 atom stereocenters. The molecule has 18 heavy (non-hydrogen) atoms. The normalized spacial score (nSPS) is 28.5. The Morgan fingerprint density at radius 3 is 2.94 bits per heavy atom. The Kier molecular flexibility index (Phi) is 4.54. The second-order valence-electron chi connectivity index (χ2n) is 5.06. The van der Waals surface area contributed by atoms with E-state index in [1.807, 2.05) is 0 Å². The van der Waals surface area contributed by atoms with Crippen molar-refractivity contribution in [3.05, 3.63) is 0 Å². The third-order valence-corrected chi connectivity index (χ3v) is 3.62. The van der Waals surface area contributed by atoms with Gasteiger partial charge in [0.1, 0.15) is 0 Å². The molecule has 2 amide bonds. The number of aliphatic hydroxyl groups excluding tert-OH is 1. The molecule has 0 radical (unpaired) electrons. The monoisotopic (exact) mass is 255 g/mol. The first kappa shape index (κ1) is 13.3. The Morgan fingerprint density at radius 1 is 1.44 bits per heavy atom. The summed E-state index contributed by atoms with van der Waals surface area (Å²) in [4.78, 5) is 24.9. The van der Waals surface area contributed by atoms with Crippen LogP contribution in [0.4, 0.5) is 0 Å². The van der Waals surface area contributed by atoms with E-state index < -0.39 is 0 Å². The summed E-state index contributed by atoms with van der Waals surface area (Å²) < 4.78 is 0. The maximum Gasteiger partial charge on any atom is 0.239 e. The Labute approximate surface area is 107 Å². The molecule has 2 saturated heterocycles. The van der Waals surface area contributed by atoms with Crippen molar-refractivity contribution in [3.63, 3.8) is 0 Å². The zero-order valence-electron chi connectivity index (χ0n) is 10.5. The SMILES string of the molecule is O=C(CN1CCCCC1=O)NCC1CNCC1O. The second-order valence-corrected chi connectivity index (χ2v) is 5.06. The molecule has 102 valence electrons. The van der Waals surface area contributed by atoms with Crippen molar-refractivity contribution in [2.75, 3.05) is 32.7 Å². The van der Waals surface area contributed by atoms with Crippen LogP contribution in [0, 0.1) is 5.92 Å². The van der Waals surface area contributed by atoms with Gasteiger partial charge in [-0.15, -0.1) is 0 Å². The maximum atomic E-state index is 11.7. The van der Waals surface area contributed by atoms with Crippen LogP contribution in [0.2, 0.25) is 0 Å². The molecular weight excluding hydrogens is 234 g/mol. The van der Waals surface area contributed by atoms with E-state index >= 15 is 0 Å². The molecule has 2 unspecified atom stereocenters. The summed E-state index contributed by atoms with van der Waals surface area (Å²) >= 11 is 0. The molecule has 0 aliphatic carbocycles. The van der Waals surface area contributed by atoms with E-state index in [0.29, 0.717) is 26.1 Å². The molecule has 0 aromatic carbocycles. The molecule has 0 aromatic heterocycles. The number of β-amino-alcohol motifs (C(OH)–C–C–N with tert-alkyl or cyclic N) is 1. The van der Waals surface area contributed by atoms with Gasteiger partial charge in [0.25, 0.3) is 0 Å². The standard InChI is InChI=1S/C12H21N3O3/c16-10-7-13-5-9(10)6-14-11(17)8-15-4-2-1-3-12(15)18/h9-10,13,16H,1-8H2,(H,14,17). The number of hydrogen-bond acceptors (Lipinski definition) is 4. The van der Waals surface area contributed by atoms with Gasteiger partial charge in [0, 0.05) is 38.5 Å². The summed E-state index contributed by atoms with van der Waals surface area (Å²) in [7, 11) is 0. The highest BCUT2D eigenvalue weighted by Gasteiger charge is 2.26. The third-order valence-electron chi connectivity index (χ3n) is 3.62. The van der Waals surface area contributed by atoms with Gasteiger partial charge in [-0.05, 0) is 12.8 Å². The maximum absolute atomic E-state index is 11.7. The minimum absolute atomic E-state index is 0.0685.